The molecular weight excluding hydrogens is 598 g/mol. The first-order chi connectivity index (χ1) is 21.4. The molecule has 1 unspecified atom stereocenters. The van der Waals surface area contributed by atoms with Crippen LogP contribution in [0.1, 0.15) is 41.6 Å². The third kappa shape index (κ3) is 5.70. The molecule has 1 aromatic heterocycles. The number of thioether (sulfide) groups is 1. The summed E-state index contributed by atoms with van der Waals surface area (Å²) in [5, 5.41) is 22.5. The number of anilines is 1. The van der Waals surface area contributed by atoms with E-state index in [1.54, 1.807) is 31.2 Å². The second kappa shape index (κ2) is 12.6. The van der Waals surface area contributed by atoms with Crippen molar-refractivity contribution in [2.75, 3.05) is 11.5 Å². The number of amides is 1. The van der Waals surface area contributed by atoms with Crippen LogP contribution in [0.15, 0.2) is 94.8 Å². The number of benzene rings is 4. The Morgan fingerprint density at radius 2 is 1.80 bits per heavy atom. The molecule has 1 aliphatic heterocycles. The van der Waals surface area contributed by atoms with Crippen molar-refractivity contribution in [2.24, 2.45) is 0 Å². The molecule has 0 bridgehead atoms. The van der Waals surface area contributed by atoms with Crippen LogP contribution in [0.25, 0.3) is 16.5 Å². The van der Waals surface area contributed by atoms with Gasteiger partial charge < -0.3 is 9.84 Å². The molecular formula is C34H28FN3O4S2. The Labute approximate surface area is 262 Å². The molecule has 0 radical (unpaired) electrons. The standard InChI is InChI=1S/C34H28FN3O4S2/c1-3-17-42-25-15-13-22(14-16-25)29-28(30(39)23-12-11-20(2)27(35)18-23)31(40)32(41)38(29)33-36-37-34(44-33)43-19-24-9-6-8-21-7-4-5-10-26(21)24/h4-16,18,29,39H,3,17,19H2,1-2H3. The number of ether oxygens (including phenoxy) is 1. The summed E-state index contributed by atoms with van der Waals surface area (Å²) in [5.41, 5.74) is 2.04. The van der Waals surface area contributed by atoms with Crippen LogP contribution >= 0.6 is 23.1 Å². The van der Waals surface area contributed by atoms with E-state index >= 15 is 0 Å². The van der Waals surface area contributed by atoms with Crippen molar-refractivity contribution in [3.05, 3.63) is 119 Å². The smallest absolute Gasteiger partial charge is 0.301 e. The molecule has 5 aromatic rings. The maximum absolute atomic E-state index is 14.5. The SMILES string of the molecule is CCCOc1ccc(C2C(=C(O)c3ccc(C)c(F)c3)C(=O)C(=O)N2c2nnc(SCc3cccc4ccccc34)s2)cc1. The summed E-state index contributed by atoms with van der Waals surface area (Å²) >= 11 is 2.68. The van der Waals surface area contributed by atoms with Crippen LogP contribution in [0.5, 0.6) is 5.75 Å². The van der Waals surface area contributed by atoms with Gasteiger partial charge in [0.05, 0.1) is 18.2 Å². The highest BCUT2D eigenvalue weighted by molar-refractivity contribution is 8.00. The number of aliphatic hydroxyl groups is 1. The quantitative estimate of drug-likeness (QED) is 0.0586. The van der Waals surface area contributed by atoms with Crippen molar-refractivity contribution >= 4 is 56.5 Å². The average molecular weight is 626 g/mol. The average Bonchev–Trinajstić information content (AvgIpc) is 3.61. The lowest BCUT2D eigenvalue weighted by atomic mass is 9.95. The van der Waals surface area contributed by atoms with Crippen LogP contribution in [0.4, 0.5) is 9.52 Å². The van der Waals surface area contributed by atoms with E-state index in [0.29, 0.717) is 33.6 Å². The molecule has 7 nitrogen and oxygen atoms in total. The van der Waals surface area contributed by atoms with Crippen LogP contribution in [0, 0.1) is 12.7 Å². The number of nitrogens with zero attached hydrogens (tertiary/aromatic N) is 3. The lowest BCUT2D eigenvalue weighted by Gasteiger charge is -2.22. The van der Waals surface area contributed by atoms with Crippen molar-refractivity contribution in [1.82, 2.24) is 10.2 Å². The zero-order chi connectivity index (χ0) is 30.8. The fraction of sp³-hybridized carbons (Fsp3) is 0.176. The van der Waals surface area contributed by atoms with E-state index in [9.17, 15) is 19.1 Å². The number of hydrogen-bond donors (Lipinski definition) is 1. The highest BCUT2D eigenvalue weighted by Crippen LogP contribution is 2.44. The minimum absolute atomic E-state index is 0.0996. The molecule has 6 rings (SSSR count). The fourth-order valence-electron chi connectivity index (χ4n) is 5.12. The molecule has 1 fully saturated rings. The summed E-state index contributed by atoms with van der Waals surface area (Å²) in [6.45, 7) is 4.15. The summed E-state index contributed by atoms with van der Waals surface area (Å²) in [7, 11) is 0. The molecule has 2 heterocycles. The van der Waals surface area contributed by atoms with Gasteiger partial charge in [0.25, 0.3) is 5.78 Å². The number of aromatic nitrogens is 2. The second-order valence-corrected chi connectivity index (χ2v) is 12.5. The van der Waals surface area contributed by atoms with Gasteiger partial charge in [-0.25, -0.2) is 4.39 Å². The number of carbonyl (C=O) groups excluding carboxylic acids is 2. The van der Waals surface area contributed by atoms with E-state index in [1.807, 2.05) is 25.1 Å². The number of rotatable bonds is 9. The summed E-state index contributed by atoms with van der Waals surface area (Å²) in [4.78, 5) is 28.3. The maximum Gasteiger partial charge on any atom is 0.301 e. The Balaban J connectivity index is 1.37. The lowest BCUT2D eigenvalue weighted by Crippen LogP contribution is -2.29. The monoisotopic (exact) mass is 625 g/mol. The number of aliphatic hydroxyl groups excluding tert-OH is 1. The number of fused-ring (bicyclic) bond motifs is 1. The fourth-order valence-corrected chi connectivity index (χ4v) is 6.99. The van der Waals surface area contributed by atoms with Crippen molar-refractivity contribution in [3.63, 3.8) is 0 Å². The van der Waals surface area contributed by atoms with Gasteiger partial charge in [-0.3, -0.25) is 14.5 Å². The van der Waals surface area contributed by atoms with E-state index < -0.39 is 29.3 Å². The predicted molar refractivity (Wildman–Crippen MR) is 172 cm³/mol. The van der Waals surface area contributed by atoms with Crippen LogP contribution < -0.4 is 9.64 Å². The first kappa shape index (κ1) is 29.5. The van der Waals surface area contributed by atoms with Crippen molar-refractivity contribution < 1.29 is 23.8 Å². The molecule has 1 N–H and O–H groups in total. The normalized spacial score (nSPS) is 16.2. The Morgan fingerprint density at radius 3 is 2.57 bits per heavy atom. The van der Waals surface area contributed by atoms with Crippen molar-refractivity contribution in [2.45, 2.75) is 36.4 Å². The molecule has 4 aromatic carbocycles. The number of halogens is 1. The van der Waals surface area contributed by atoms with Crippen molar-refractivity contribution in [1.29, 1.82) is 0 Å². The summed E-state index contributed by atoms with van der Waals surface area (Å²) in [6, 6.07) is 24.5. The lowest BCUT2D eigenvalue weighted by molar-refractivity contribution is -0.132. The Bertz CT molecular complexity index is 1900. The molecule has 1 saturated heterocycles. The Kier molecular flexibility index (Phi) is 8.45. The number of ketones is 1. The molecule has 1 atom stereocenters. The first-order valence-corrected chi connectivity index (χ1v) is 15.9. The van der Waals surface area contributed by atoms with Gasteiger partial charge in [0.2, 0.25) is 5.13 Å². The van der Waals surface area contributed by atoms with Gasteiger partial charge in [-0.15, -0.1) is 10.2 Å². The van der Waals surface area contributed by atoms with E-state index in [4.69, 9.17) is 4.74 Å². The summed E-state index contributed by atoms with van der Waals surface area (Å²) in [6.07, 6.45) is 0.840. The summed E-state index contributed by atoms with van der Waals surface area (Å²) < 4.78 is 20.8. The zero-order valence-corrected chi connectivity index (χ0v) is 25.6. The third-order valence-electron chi connectivity index (χ3n) is 7.39. The van der Waals surface area contributed by atoms with E-state index in [2.05, 4.69) is 34.5 Å². The number of hydrogen-bond acceptors (Lipinski definition) is 8. The van der Waals surface area contributed by atoms with Crippen LogP contribution in [0.3, 0.4) is 0 Å². The molecule has 0 spiro atoms. The van der Waals surface area contributed by atoms with Crippen LogP contribution in [0.2, 0.25) is 0 Å². The molecule has 10 heteroatoms. The van der Waals surface area contributed by atoms with Gasteiger partial charge >= 0.3 is 5.91 Å². The molecule has 0 saturated carbocycles. The van der Waals surface area contributed by atoms with Gasteiger partial charge in [0.15, 0.2) is 4.34 Å². The summed E-state index contributed by atoms with van der Waals surface area (Å²) in [5.74, 6) is -1.46. The third-order valence-corrected chi connectivity index (χ3v) is 9.50. The highest BCUT2D eigenvalue weighted by atomic mass is 32.2. The minimum atomic E-state index is -1.01. The van der Waals surface area contributed by atoms with Crippen LogP contribution in [-0.4, -0.2) is 33.6 Å². The minimum Gasteiger partial charge on any atom is -0.507 e. The van der Waals surface area contributed by atoms with E-state index in [-0.39, 0.29) is 16.3 Å². The van der Waals surface area contributed by atoms with E-state index in [0.717, 1.165) is 28.8 Å². The highest BCUT2D eigenvalue weighted by Gasteiger charge is 2.48. The molecule has 44 heavy (non-hydrogen) atoms. The molecule has 0 aliphatic carbocycles. The number of carbonyl (C=O) groups is 2. The Hall–Kier alpha value is -4.54. The number of Topliss-reactive ketones (excluding diaryl/α,β-unsaturated/α-hetero) is 1. The molecule has 222 valence electrons. The second-order valence-electron chi connectivity index (χ2n) is 10.3. The van der Waals surface area contributed by atoms with Gasteiger partial charge in [0.1, 0.15) is 17.3 Å². The Morgan fingerprint density at radius 1 is 1.02 bits per heavy atom. The van der Waals surface area contributed by atoms with Gasteiger partial charge in [-0.1, -0.05) is 96.8 Å². The van der Waals surface area contributed by atoms with Gasteiger partial charge in [-0.05, 0) is 59.0 Å². The largest absolute Gasteiger partial charge is 0.507 e. The molecule has 1 aliphatic rings. The molecule has 1 amide bonds. The van der Waals surface area contributed by atoms with Gasteiger partial charge in [-0.2, -0.15) is 0 Å². The zero-order valence-electron chi connectivity index (χ0n) is 24.0. The number of aryl methyl sites for hydroxylation is 1. The topological polar surface area (TPSA) is 92.6 Å². The van der Waals surface area contributed by atoms with E-state index in [1.165, 1.54) is 40.1 Å². The van der Waals surface area contributed by atoms with Gasteiger partial charge in [0, 0.05) is 11.3 Å². The first-order valence-electron chi connectivity index (χ1n) is 14.1. The predicted octanol–water partition coefficient (Wildman–Crippen LogP) is 7.85. The van der Waals surface area contributed by atoms with Crippen molar-refractivity contribution in [3.8, 4) is 5.75 Å². The van der Waals surface area contributed by atoms with Crippen LogP contribution in [-0.2, 0) is 15.3 Å². The maximum atomic E-state index is 14.5.